The maximum atomic E-state index is 4.39. The number of anilines is 2. The molecule has 0 atom stereocenters. The van der Waals surface area contributed by atoms with Crippen molar-refractivity contribution in [3.8, 4) is 0 Å². The van der Waals surface area contributed by atoms with Crippen LogP contribution in [0.15, 0.2) is 41.1 Å². The summed E-state index contributed by atoms with van der Waals surface area (Å²) in [6.07, 6.45) is 2.11. The molecule has 0 aliphatic rings. The first-order valence-corrected chi connectivity index (χ1v) is 7.16. The summed E-state index contributed by atoms with van der Waals surface area (Å²) in [6.45, 7) is 6.21. The standard InChI is InChI=1S/C14H18N4S/c1-4-10(2)9-19-14-16-13(17-18-14)15-12-7-5-11(3)6-8-12/h4-8H,9H2,1-3H3,(H2,15,16,17,18). The van der Waals surface area contributed by atoms with Crippen molar-refractivity contribution in [3.05, 3.63) is 41.5 Å². The zero-order valence-corrected chi connectivity index (χ0v) is 12.2. The van der Waals surface area contributed by atoms with Crippen LogP contribution in [0.2, 0.25) is 0 Å². The van der Waals surface area contributed by atoms with Crippen LogP contribution in [0.25, 0.3) is 0 Å². The fourth-order valence-corrected chi connectivity index (χ4v) is 2.19. The minimum atomic E-state index is 0.601. The van der Waals surface area contributed by atoms with Crippen molar-refractivity contribution in [1.82, 2.24) is 15.2 Å². The van der Waals surface area contributed by atoms with E-state index in [1.807, 2.05) is 19.1 Å². The molecule has 0 saturated carbocycles. The Kier molecular flexibility index (Phi) is 4.63. The SMILES string of the molecule is CC=C(C)CSc1nc(Nc2ccc(C)cc2)n[nH]1. The molecule has 0 unspecified atom stereocenters. The fraction of sp³-hybridized carbons (Fsp3) is 0.286. The molecule has 0 amide bonds. The molecule has 0 aliphatic carbocycles. The number of aromatic amines is 1. The number of aromatic nitrogens is 3. The van der Waals surface area contributed by atoms with Gasteiger partial charge in [0.2, 0.25) is 5.95 Å². The van der Waals surface area contributed by atoms with E-state index in [0.717, 1.165) is 16.6 Å². The Morgan fingerprint density at radius 1 is 1.37 bits per heavy atom. The summed E-state index contributed by atoms with van der Waals surface area (Å²) in [5, 5.41) is 11.1. The van der Waals surface area contributed by atoms with Crippen LogP contribution >= 0.6 is 11.8 Å². The fourth-order valence-electron chi connectivity index (χ4n) is 1.40. The third kappa shape index (κ3) is 4.13. The number of nitrogens with zero attached hydrogens (tertiary/aromatic N) is 2. The van der Waals surface area contributed by atoms with Gasteiger partial charge in [-0.15, -0.1) is 5.10 Å². The lowest BCUT2D eigenvalue weighted by Gasteiger charge is -2.01. The first kappa shape index (κ1) is 13.7. The van der Waals surface area contributed by atoms with Gasteiger partial charge in [0.25, 0.3) is 0 Å². The topological polar surface area (TPSA) is 53.6 Å². The molecule has 1 heterocycles. The molecule has 0 fully saturated rings. The molecule has 1 aromatic carbocycles. The number of hydrogen-bond donors (Lipinski definition) is 2. The van der Waals surface area contributed by atoms with Gasteiger partial charge < -0.3 is 5.32 Å². The minimum Gasteiger partial charge on any atom is -0.323 e. The number of nitrogens with one attached hydrogen (secondary N) is 2. The van der Waals surface area contributed by atoms with Gasteiger partial charge in [-0.1, -0.05) is 41.1 Å². The van der Waals surface area contributed by atoms with Crippen LogP contribution in [0.4, 0.5) is 11.6 Å². The van der Waals surface area contributed by atoms with Crippen molar-refractivity contribution in [2.45, 2.75) is 25.9 Å². The lowest BCUT2D eigenvalue weighted by Crippen LogP contribution is -1.92. The number of H-pyrrole nitrogens is 1. The Balaban J connectivity index is 1.95. The van der Waals surface area contributed by atoms with Crippen molar-refractivity contribution in [1.29, 1.82) is 0 Å². The van der Waals surface area contributed by atoms with E-state index in [-0.39, 0.29) is 0 Å². The van der Waals surface area contributed by atoms with Crippen LogP contribution in [0.3, 0.4) is 0 Å². The van der Waals surface area contributed by atoms with Crippen LogP contribution in [-0.4, -0.2) is 20.9 Å². The first-order valence-electron chi connectivity index (χ1n) is 6.18. The molecule has 0 bridgehead atoms. The van der Waals surface area contributed by atoms with E-state index in [2.05, 4.69) is 52.6 Å². The molecule has 1 aromatic heterocycles. The molecule has 0 saturated heterocycles. The second-order valence-electron chi connectivity index (χ2n) is 4.38. The number of aryl methyl sites for hydroxylation is 1. The molecule has 0 radical (unpaired) electrons. The number of allylic oxidation sites excluding steroid dienone is 1. The van der Waals surface area contributed by atoms with E-state index >= 15 is 0 Å². The van der Waals surface area contributed by atoms with Gasteiger partial charge in [0.05, 0.1) is 0 Å². The minimum absolute atomic E-state index is 0.601. The summed E-state index contributed by atoms with van der Waals surface area (Å²) in [7, 11) is 0. The average Bonchev–Trinajstić information content (AvgIpc) is 2.86. The molecule has 0 spiro atoms. The van der Waals surface area contributed by atoms with Crippen molar-refractivity contribution < 1.29 is 0 Å². The number of benzene rings is 1. The molecular formula is C14H18N4S. The summed E-state index contributed by atoms with van der Waals surface area (Å²) in [5.41, 5.74) is 3.55. The van der Waals surface area contributed by atoms with Crippen LogP contribution in [-0.2, 0) is 0 Å². The van der Waals surface area contributed by atoms with Crippen molar-refractivity contribution in [2.24, 2.45) is 0 Å². The lowest BCUT2D eigenvalue weighted by atomic mass is 10.2. The van der Waals surface area contributed by atoms with Crippen LogP contribution in [0.1, 0.15) is 19.4 Å². The second-order valence-corrected chi connectivity index (χ2v) is 5.34. The van der Waals surface area contributed by atoms with Gasteiger partial charge in [-0.3, -0.25) is 5.10 Å². The Morgan fingerprint density at radius 2 is 2.11 bits per heavy atom. The van der Waals surface area contributed by atoms with E-state index < -0.39 is 0 Å². The third-order valence-electron chi connectivity index (χ3n) is 2.70. The van der Waals surface area contributed by atoms with Gasteiger partial charge in [-0.2, -0.15) is 4.98 Å². The maximum Gasteiger partial charge on any atom is 0.247 e. The molecule has 5 heteroatoms. The van der Waals surface area contributed by atoms with Gasteiger partial charge in [0.1, 0.15) is 0 Å². The van der Waals surface area contributed by atoms with Crippen LogP contribution < -0.4 is 5.32 Å². The largest absolute Gasteiger partial charge is 0.323 e. The summed E-state index contributed by atoms with van der Waals surface area (Å²) >= 11 is 1.65. The molecule has 2 rings (SSSR count). The lowest BCUT2D eigenvalue weighted by molar-refractivity contribution is 0.974. The molecule has 2 N–H and O–H groups in total. The number of thioether (sulfide) groups is 1. The predicted molar refractivity (Wildman–Crippen MR) is 81.0 cm³/mol. The van der Waals surface area contributed by atoms with Gasteiger partial charge in [-0.05, 0) is 32.9 Å². The molecule has 19 heavy (non-hydrogen) atoms. The van der Waals surface area contributed by atoms with Crippen molar-refractivity contribution >= 4 is 23.4 Å². The van der Waals surface area contributed by atoms with E-state index in [1.54, 1.807) is 11.8 Å². The summed E-state index contributed by atoms with van der Waals surface area (Å²) in [5.74, 6) is 1.53. The normalized spacial score (nSPS) is 11.6. The number of hydrogen-bond acceptors (Lipinski definition) is 4. The molecular weight excluding hydrogens is 256 g/mol. The molecule has 4 nitrogen and oxygen atoms in total. The Bertz CT molecular complexity index is 557. The van der Waals surface area contributed by atoms with Crippen LogP contribution in [0, 0.1) is 6.92 Å². The summed E-state index contributed by atoms with van der Waals surface area (Å²) in [4.78, 5) is 4.39. The van der Waals surface area contributed by atoms with E-state index in [0.29, 0.717) is 5.95 Å². The average molecular weight is 274 g/mol. The van der Waals surface area contributed by atoms with Gasteiger partial charge in [0, 0.05) is 11.4 Å². The highest BCUT2D eigenvalue weighted by atomic mass is 32.2. The zero-order chi connectivity index (χ0) is 13.7. The maximum absolute atomic E-state index is 4.39. The quantitative estimate of drug-likeness (QED) is 0.641. The highest BCUT2D eigenvalue weighted by molar-refractivity contribution is 7.99. The number of rotatable bonds is 5. The Hall–Kier alpha value is -1.75. The smallest absolute Gasteiger partial charge is 0.247 e. The summed E-state index contributed by atoms with van der Waals surface area (Å²) < 4.78 is 0. The highest BCUT2D eigenvalue weighted by Crippen LogP contribution is 2.19. The Morgan fingerprint density at radius 3 is 2.79 bits per heavy atom. The van der Waals surface area contributed by atoms with Crippen molar-refractivity contribution in [2.75, 3.05) is 11.1 Å². The molecule has 0 aliphatic heterocycles. The van der Waals surface area contributed by atoms with Gasteiger partial charge in [-0.25, -0.2) is 0 Å². The van der Waals surface area contributed by atoms with Gasteiger partial charge in [0.15, 0.2) is 5.16 Å². The predicted octanol–water partition coefficient (Wildman–Crippen LogP) is 3.92. The zero-order valence-electron chi connectivity index (χ0n) is 11.4. The molecule has 100 valence electrons. The van der Waals surface area contributed by atoms with Crippen LogP contribution in [0.5, 0.6) is 0 Å². The third-order valence-corrected chi connectivity index (χ3v) is 3.76. The first-order chi connectivity index (χ1) is 9.17. The molecule has 2 aromatic rings. The monoisotopic (exact) mass is 274 g/mol. The van der Waals surface area contributed by atoms with E-state index in [4.69, 9.17) is 0 Å². The summed E-state index contributed by atoms with van der Waals surface area (Å²) in [6, 6.07) is 8.14. The van der Waals surface area contributed by atoms with E-state index in [9.17, 15) is 0 Å². The highest BCUT2D eigenvalue weighted by Gasteiger charge is 2.04. The van der Waals surface area contributed by atoms with E-state index in [1.165, 1.54) is 11.1 Å². The second kappa shape index (κ2) is 6.43. The Labute approximate surface area is 117 Å². The van der Waals surface area contributed by atoms with Gasteiger partial charge >= 0.3 is 0 Å². The van der Waals surface area contributed by atoms with Crippen molar-refractivity contribution in [3.63, 3.8) is 0 Å².